The predicted octanol–water partition coefficient (Wildman–Crippen LogP) is 5.28. The van der Waals surface area contributed by atoms with E-state index < -0.39 is 5.91 Å². The lowest BCUT2D eigenvalue weighted by Crippen LogP contribution is -2.25. The van der Waals surface area contributed by atoms with Gasteiger partial charge in [-0.05, 0) is 89.4 Å². The highest BCUT2D eigenvalue weighted by molar-refractivity contribution is 6.06. The lowest BCUT2D eigenvalue weighted by molar-refractivity contribution is -0.118. The zero-order chi connectivity index (χ0) is 38.7. The first kappa shape index (κ1) is 37.4. The zero-order valence-corrected chi connectivity index (χ0v) is 31.5. The average Bonchev–Trinajstić information content (AvgIpc) is 3.91. The van der Waals surface area contributed by atoms with E-state index in [4.69, 9.17) is 10.7 Å². The molecule has 16 nitrogen and oxygen atoms in total. The summed E-state index contributed by atoms with van der Waals surface area (Å²) < 4.78 is 7.15. The van der Waals surface area contributed by atoms with Crippen molar-refractivity contribution < 1.29 is 19.2 Å². The number of nitrogens with two attached hydrogens (primary N) is 1. The zero-order valence-electron chi connectivity index (χ0n) is 31.5. The molecule has 16 heteroatoms. The van der Waals surface area contributed by atoms with Crippen LogP contribution in [0.25, 0.3) is 22.1 Å². The van der Waals surface area contributed by atoms with Gasteiger partial charge in [-0.15, -0.1) is 0 Å². The molecule has 0 saturated carbocycles. The molecular weight excluding hydrogens is 688 g/mol. The number of aryl methyl sites for hydroxylation is 6. The van der Waals surface area contributed by atoms with Crippen LogP contribution in [0.5, 0.6) is 0 Å². The molecule has 0 radical (unpaired) electrons. The fourth-order valence-corrected chi connectivity index (χ4v) is 6.66. The number of hydrogen-bond acceptors (Lipinski definition) is 8. The smallest absolute Gasteiger partial charge is 0.276 e. The number of primary amides is 1. The summed E-state index contributed by atoms with van der Waals surface area (Å²) in [5.74, 6) is -0.624. The third-order valence-electron chi connectivity index (χ3n) is 9.32. The van der Waals surface area contributed by atoms with Crippen molar-refractivity contribution in [2.24, 2.45) is 5.73 Å². The minimum absolute atomic E-state index is 0.0276. The van der Waals surface area contributed by atoms with E-state index in [9.17, 15) is 19.2 Å². The highest BCUT2D eigenvalue weighted by atomic mass is 16.2. The molecule has 0 aliphatic carbocycles. The second kappa shape index (κ2) is 15.7. The highest BCUT2D eigenvalue weighted by Crippen LogP contribution is 2.30. The van der Waals surface area contributed by atoms with E-state index in [1.54, 1.807) is 51.6 Å². The van der Waals surface area contributed by atoms with Crippen molar-refractivity contribution in [3.8, 4) is 0 Å². The van der Waals surface area contributed by atoms with Crippen molar-refractivity contribution in [1.29, 1.82) is 0 Å². The molecule has 0 aliphatic heterocycles. The van der Waals surface area contributed by atoms with Gasteiger partial charge in [0.1, 0.15) is 16.9 Å². The second-order valence-electron chi connectivity index (χ2n) is 13.2. The molecule has 4 aromatic heterocycles. The minimum atomic E-state index is -0.576. The van der Waals surface area contributed by atoms with Gasteiger partial charge in [-0.25, -0.2) is 9.97 Å². The Morgan fingerprint density at radius 2 is 1.33 bits per heavy atom. The van der Waals surface area contributed by atoms with Crippen LogP contribution in [0.15, 0.2) is 48.5 Å². The molecule has 2 aromatic carbocycles. The van der Waals surface area contributed by atoms with Crippen molar-refractivity contribution in [2.75, 3.05) is 22.6 Å². The topological polar surface area (TPSA) is 193 Å². The van der Waals surface area contributed by atoms with E-state index in [1.807, 2.05) is 62.0 Å². The van der Waals surface area contributed by atoms with Gasteiger partial charge in [0.05, 0.1) is 33.6 Å². The molecule has 0 aliphatic rings. The number of nitrogens with one attached hydrogen (secondary N) is 2. The summed E-state index contributed by atoms with van der Waals surface area (Å²) in [6, 6.07) is 14.2. The molecular formula is C38H46N12O4. The molecule has 4 heterocycles. The first-order chi connectivity index (χ1) is 25.9. The van der Waals surface area contributed by atoms with E-state index >= 15 is 0 Å². The fourth-order valence-electron chi connectivity index (χ4n) is 6.66. The first-order valence-corrected chi connectivity index (χ1v) is 18.2. The summed E-state index contributed by atoms with van der Waals surface area (Å²) in [7, 11) is 1.74. The molecule has 54 heavy (non-hydrogen) atoms. The molecule has 0 atom stereocenters. The van der Waals surface area contributed by atoms with Crippen molar-refractivity contribution >= 4 is 63.3 Å². The van der Waals surface area contributed by atoms with Gasteiger partial charge in [-0.2, -0.15) is 10.2 Å². The Labute approximate surface area is 312 Å². The maximum absolute atomic E-state index is 13.6. The normalized spacial score (nSPS) is 11.4. The number of imidazole rings is 2. The molecule has 0 bridgehead atoms. The maximum Gasteiger partial charge on any atom is 0.276 e. The Morgan fingerprint density at radius 3 is 1.89 bits per heavy atom. The number of nitrogens with zero attached hydrogens (tertiary/aromatic N) is 9. The number of aromatic nitrogens is 8. The molecule has 0 unspecified atom stereocenters. The largest absolute Gasteiger partial charge is 0.366 e. The van der Waals surface area contributed by atoms with Crippen molar-refractivity contribution in [3.63, 3.8) is 0 Å². The third kappa shape index (κ3) is 7.44. The molecule has 0 fully saturated rings. The predicted molar refractivity (Wildman–Crippen MR) is 207 cm³/mol. The van der Waals surface area contributed by atoms with Crippen LogP contribution in [-0.4, -0.2) is 69.3 Å². The number of para-hydroxylation sites is 1. The number of rotatable bonds is 15. The highest BCUT2D eigenvalue weighted by Gasteiger charge is 2.23. The summed E-state index contributed by atoms with van der Waals surface area (Å²) in [6.07, 6.45) is 2.39. The maximum atomic E-state index is 13.6. The summed E-state index contributed by atoms with van der Waals surface area (Å²) in [6.45, 7) is 11.5. The van der Waals surface area contributed by atoms with Gasteiger partial charge in [0.25, 0.3) is 11.8 Å². The number of carbonyl (C=O) groups excluding carboxylic acids is 4. The van der Waals surface area contributed by atoms with Crippen LogP contribution in [0.1, 0.15) is 89.2 Å². The monoisotopic (exact) mass is 734 g/mol. The molecule has 282 valence electrons. The van der Waals surface area contributed by atoms with Gasteiger partial charge in [-0.3, -0.25) is 39.2 Å². The van der Waals surface area contributed by atoms with Crippen molar-refractivity contribution in [3.05, 3.63) is 76.9 Å². The summed E-state index contributed by atoms with van der Waals surface area (Å²) in [4.78, 5) is 63.2. The standard InChI is InChI=1S/C38H46N12O4/c1-7-13-32(51)46(6)28-14-12-15-29-33(28)41-38(43-36(54)31-21-24(5)45-50(31)9-3)48(29)19-11-10-18-47-27-17-16-25(34(39)52)22-26(27)40-37(47)42-35(53)30-20-23(4)44-49(30)8-2/h12,14-17,20-22H,7-11,13,18-19H2,1-6H3,(H2,39,52)(H,40,42,53)(H,41,43,54). The molecule has 0 spiro atoms. The van der Waals surface area contributed by atoms with Crippen LogP contribution < -0.4 is 21.3 Å². The Hall–Kier alpha value is -6.32. The summed E-state index contributed by atoms with van der Waals surface area (Å²) in [5.41, 5.74) is 11.4. The van der Waals surface area contributed by atoms with Crippen molar-refractivity contribution in [1.82, 2.24) is 38.7 Å². The van der Waals surface area contributed by atoms with Crippen LogP contribution in [0, 0.1) is 13.8 Å². The quantitative estimate of drug-likeness (QED) is 0.119. The number of unbranched alkanes of at least 4 members (excludes halogenated alkanes) is 1. The van der Waals surface area contributed by atoms with Crippen LogP contribution in [-0.2, 0) is 31.0 Å². The van der Waals surface area contributed by atoms with Crippen LogP contribution >= 0.6 is 0 Å². The SMILES string of the molecule is CCCC(=O)N(C)c1cccc2c1nc(NC(=O)c1cc(C)nn1CC)n2CCCCn1c(NC(=O)c2cc(C)nn2CC)nc2cc(C(N)=O)ccc21. The van der Waals surface area contributed by atoms with Crippen LogP contribution in [0.3, 0.4) is 0 Å². The summed E-state index contributed by atoms with van der Waals surface area (Å²) >= 11 is 0. The number of benzene rings is 2. The van der Waals surface area contributed by atoms with Gasteiger partial charge >= 0.3 is 0 Å². The number of amides is 4. The van der Waals surface area contributed by atoms with E-state index in [0.717, 1.165) is 22.4 Å². The van der Waals surface area contributed by atoms with E-state index in [1.165, 1.54) is 0 Å². The van der Waals surface area contributed by atoms with Crippen LogP contribution in [0.4, 0.5) is 17.6 Å². The van der Waals surface area contributed by atoms with Crippen molar-refractivity contribution in [2.45, 2.75) is 86.5 Å². The number of hydrogen-bond donors (Lipinski definition) is 3. The first-order valence-electron chi connectivity index (χ1n) is 18.2. The summed E-state index contributed by atoms with van der Waals surface area (Å²) in [5, 5.41) is 14.8. The lowest BCUT2D eigenvalue weighted by Gasteiger charge is -2.17. The molecule has 6 rings (SSSR count). The van der Waals surface area contributed by atoms with E-state index in [-0.39, 0.29) is 17.7 Å². The number of anilines is 3. The van der Waals surface area contributed by atoms with Gasteiger partial charge in [0.15, 0.2) is 0 Å². The Balaban J connectivity index is 1.30. The van der Waals surface area contributed by atoms with E-state index in [2.05, 4.69) is 25.8 Å². The molecule has 6 aromatic rings. The Bertz CT molecular complexity index is 2380. The number of carbonyl (C=O) groups is 4. The average molecular weight is 735 g/mol. The van der Waals surface area contributed by atoms with Gasteiger partial charge in [0.2, 0.25) is 23.7 Å². The molecule has 0 saturated heterocycles. The molecule has 4 N–H and O–H groups in total. The van der Waals surface area contributed by atoms with E-state index in [0.29, 0.717) is 97.4 Å². The minimum Gasteiger partial charge on any atom is -0.366 e. The second-order valence-corrected chi connectivity index (χ2v) is 13.2. The van der Waals surface area contributed by atoms with Gasteiger partial charge in [-0.1, -0.05) is 13.0 Å². The third-order valence-corrected chi connectivity index (χ3v) is 9.32. The Morgan fingerprint density at radius 1 is 0.759 bits per heavy atom. The fraction of sp³-hybridized carbons (Fsp3) is 0.368. The van der Waals surface area contributed by atoms with Crippen LogP contribution in [0.2, 0.25) is 0 Å². The number of fused-ring (bicyclic) bond motifs is 2. The lowest BCUT2D eigenvalue weighted by atomic mass is 10.2. The molecule has 4 amide bonds. The Kier molecular flexibility index (Phi) is 10.9. The van der Waals surface area contributed by atoms with Gasteiger partial charge < -0.3 is 19.8 Å². The van der Waals surface area contributed by atoms with Gasteiger partial charge in [0, 0.05) is 45.2 Å².